The number of piperidine rings is 1. The quantitative estimate of drug-likeness (QED) is 0.682. The van der Waals surface area contributed by atoms with Crippen molar-refractivity contribution in [2.24, 2.45) is 5.92 Å². The topological polar surface area (TPSA) is 72.6 Å². The van der Waals surface area contributed by atoms with Gasteiger partial charge in [-0.05, 0) is 38.3 Å². The third kappa shape index (κ3) is 3.35. The standard InChI is InChI=1S/C16H22N2O3/c1-3-21-16(20)12-7-5-9-18(10-12)15(19)13-8-4-6-11(2)14(13)17/h4,6,8,12H,3,5,7,9-10,17H2,1-2H3. The van der Waals surface area contributed by atoms with Crippen LogP contribution >= 0.6 is 0 Å². The molecule has 0 spiro atoms. The van der Waals surface area contributed by atoms with Crippen molar-refractivity contribution in [3.63, 3.8) is 0 Å². The van der Waals surface area contributed by atoms with Gasteiger partial charge < -0.3 is 15.4 Å². The third-order valence-corrected chi connectivity index (χ3v) is 3.88. The van der Waals surface area contributed by atoms with Gasteiger partial charge in [0.15, 0.2) is 0 Å². The lowest BCUT2D eigenvalue weighted by Gasteiger charge is -2.32. The first kappa shape index (κ1) is 15.4. The molecule has 1 aromatic carbocycles. The Kier molecular flexibility index (Phi) is 4.83. The van der Waals surface area contributed by atoms with E-state index in [0.717, 1.165) is 18.4 Å². The van der Waals surface area contributed by atoms with Crippen LogP contribution in [0.4, 0.5) is 5.69 Å². The largest absolute Gasteiger partial charge is 0.466 e. The highest BCUT2D eigenvalue weighted by molar-refractivity contribution is 6.00. The maximum atomic E-state index is 12.6. The number of nitrogen functional groups attached to an aromatic ring is 1. The van der Waals surface area contributed by atoms with Gasteiger partial charge in [-0.15, -0.1) is 0 Å². The number of carbonyl (C=O) groups is 2. The number of aryl methyl sites for hydroxylation is 1. The second-order valence-electron chi connectivity index (χ2n) is 5.38. The van der Waals surface area contributed by atoms with Gasteiger partial charge in [0.1, 0.15) is 0 Å². The number of amides is 1. The zero-order chi connectivity index (χ0) is 15.4. The first-order valence-corrected chi connectivity index (χ1v) is 7.35. The molecule has 0 aliphatic carbocycles. The predicted molar refractivity (Wildman–Crippen MR) is 80.9 cm³/mol. The molecule has 1 aliphatic rings. The van der Waals surface area contributed by atoms with Crippen LogP contribution in [0.15, 0.2) is 18.2 Å². The average molecular weight is 290 g/mol. The summed E-state index contributed by atoms with van der Waals surface area (Å²) >= 11 is 0. The fourth-order valence-corrected chi connectivity index (χ4v) is 2.65. The highest BCUT2D eigenvalue weighted by atomic mass is 16.5. The molecule has 1 heterocycles. The fourth-order valence-electron chi connectivity index (χ4n) is 2.65. The normalized spacial score (nSPS) is 18.4. The third-order valence-electron chi connectivity index (χ3n) is 3.88. The first-order chi connectivity index (χ1) is 10.0. The van der Waals surface area contributed by atoms with Crippen molar-refractivity contribution in [1.29, 1.82) is 0 Å². The SMILES string of the molecule is CCOC(=O)C1CCCN(C(=O)c2cccc(C)c2N)C1. The van der Waals surface area contributed by atoms with Gasteiger partial charge >= 0.3 is 5.97 Å². The van der Waals surface area contributed by atoms with Crippen molar-refractivity contribution in [3.8, 4) is 0 Å². The minimum atomic E-state index is -0.228. The van der Waals surface area contributed by atoms with Crippen LogP contribution in [0.5, 0.6) is 0 Å². The Labute approximate surface area is 125 Å². The fraction of sp³-hybridized carbons (Fsp3) is 0.500. The summed E-state index contributed by atoms with van der Waals surface area (Å²) in [5, 5.41) is 0. The van der Waals surface area contributed by atoms with Crippen LogP contribution in [0, 0.1) is 12.8 Å². The van der Waals surface area contributed by atoms with E-state index in [0.29, 0.717) is 30.9 Å². The van der Waals surface area contributed by atoms with Gasteiger partial charge in [0, 0.05) is 18.8 Å². The molecule has 0 bridgehead atoms. The lowest BCUT2D eigenvalue weighted by Crippen LogP contribution is -2.43. The molecular weight excluding hydrogens is 268 g/mol. The summed E-state index contributed by atoms with van der Waals surface area (Å²) in [7, 11) is 0. The van der Waals surface area contributed by atoms with Crippen LogP contribution in [-0.2, 0) is 9.53 Å². The molecule has 5 nitrogen and oxygen atoms in total. The van der Waals surface area contributed by atoms with Gasteiger partial charge in [-0.25, -0.2) is 0 Å². The van der Waals surface area contributed by atoms with Crippen molar-refractivity contribution in [3.05, 3.63) is 29.3 Å². The van der Waals surface area contributed by atoms with E-state index in [1.807, 2.05) is 19.1 Å². The number of nitrogens with zero attached hydrogens (tertiary/aromatic N) is 1. The van der Waals surface area contributed by atoms with Gasteiger partial charge in [-0.2, -0.15) is 0 Å². The molecule has 2 rings (SSSR count). The van der Waals surface area contributed by atoms with Crippen molar-refractivity contribution in [1.82, 2.24) is 4.90 Å². The van der Waals surface area contributed by atoms with Crippen molar-refractivity contribution in [2.45, 2.75) is 26.7 Å². The number of likely N-dealkylation sites (tertiary alicyclic amines) is 1. The number of rotatable bonds is 3. The Morgan fingerprint density at radius 1 is 1.43 bits per heavy atom. The van der Waals surface area contributed by atoms with Crippen LogP contribution < -0.4 is 5.73 Å². The Morgan fingerprint density at radius 2 is 2.19 bits per heavy atom. The van der Waals surface area contributed by atoms with Crippen LogP contribution in [0.3, 0.4) is 0 Å². The van der Waals surface area contributed by atoms with Gasteiger partial charge in [0.05, 0.1) is 18.1 Å². The molecule has 1 fully saturated rings. The Morgan fingerprint density at radius 3 is 2.90 bits per heavy atom. The maximum absolute atomic E-state index is 12.6. The molecule has 0 saturated carbocycles. The number of hydrogen-bond donors (Lipinski definition) is 1. The molecular formula is C16H22N2O3. The number of esters is 1. The summed E-state index contributed by atoms with van der Waals surface area (Å²) in [4.78, 5) is 26.1. The van der Waals surface area contributed by atoms with Gasteiger partial charge in [-0.1, -0.05) is 12.1 Å². The number of para-hydroxylation sites is 1. The lowest BCUT2D eigenvalue weighted by molar-refractivity contribution is -0.149. The average Bonchev–Trinajstić information content (AvgIpc) is 2.50. The zero-order valence-corrected chi connectivity index (χ0v) is 12.6. The molecule has 21 heavy (non-hydrogen) atoms. The molecule has 2 N–H and O–H groups in total. The number of carbonyl (C=O) groups excluding carboxylic acids is 2. The molecule has 1 atom stereocenters. The van der Waals surface area contributed by atoms with Crippen LogP contribution in [0.1, 0.15) is 35.7 Å². The smallest absolute Gasteiger partial charge is 0.310 e. The van der Waals surface area contributed by atoms with E-state index in [4.69, 9.17) is 10.5 Å². The Hall–Kier alpha value is -2.04. The molecule has 1 aliphatic heterocycles. The van der Waals surface area contributed by atoms with Gasteiger partial charge in [0.25, 0.3) is 5.91 Å². The Balaban J connectivity index is 2.12. The summed E-state index contributed by atoms with van der Waals surface area (Å²) < 4.78 is 5.06. The van der Waals surface area contributed by atoms with E-state index in [9.17, 15) is 9.59 Å². The summed E-state index contributed by atoms with van der Waals surface area (Å²) in [6.45, 7) is 5.10. The van der Waals surface area contributed by atoms with Gasteiger partial charge in [-0.3, -0.25) is 9.59 Å². The van der Waals surface area contributed by atoms with Crippen molar-refractivity contribution in [2.75, 3.05) is 25.4 Å². The minimum Gasteiger partial charge on any atom is -0.466 e. The van der Waals surface area contributed by atoms with E-state index >= 15 is 0 Å². The second-order valence-corrected chi connectivity index (χ2v) is 5.38. The van der Waals surface area contributed by atoms with Crippen LogP contribution in [0.2, 0.25) is 0 Å². The van der Waals surface area contributed by atoms with Crippen LogP contribution in [0.25, 0.3) is 0 Å². The number of hydrogen-bond acceptors (Lipinski definition) is 4. The molecule has 5 heteroatoms. The monoisotopic (exact) mass is 290 g/mol. The molecule has 0 radical (unpaired) electrons. The van der Waals surface area contributed by atoms with Gasteiger partial charge in [0.2, 0.25) is 0 Å². The maximum Gasteiger partial charge on any atom is 0.310 e. The molecule has 0 aromatic heterocycles. The molecule has 1 amide bonds. The molecule has 1 unspecified atom stereocenters. The summed E-state index contributed by atoms with van der Waals surface area (Å²) in [5.74, 6) is -0.550. The van der Waals surface area contributed by atoms with E-state index in [1.165, 1.54) is 0 Å². The highest BCUT2D eigenvalue weighted by Crippen LogP contribution is 2.23. The summed E-state index contributed by atoms with van der Waals surface area (Å²) in [5.41, 5.74) is 7.91. The number of benzene rings is 1. The number of nitrogens with two attached hydrogens (primary N) is 1. The van der Waals surface area contributed by atoms with E-state index in [-0.39, 0.29) is 17.8 Å². The van der Waals surface area contributed by atoms with Crippen molar-refractivity contribution >= 4 is 17.6 Å². The lowest BCUT2D eigenvalue weighted by atomic mass is 9.97. The molecule has 114 valence electrons. The number of anilines is 1. The number of ether oxygens (including phenoxy) is 1. The second kappa shape index (κ2) is 6.61. The van der Waals surface area contributed by atoms with E-state index in [2.05, 4.69) is 0 Å². The predicted octanol–water partition coefficient (Wildman–Crippen LogP) is 1.99. The first-order valence-electron chi connectivity index (χ1n) is 7.35. The van der Waals surface area contributed by atoms with E-state index in [1.54, 1.807) is 17.9 Å². The highest BCUT2D eigenvalue weighted by Gasteiger charge is 2.30. The van der Waals surface area contributed by atoms with Crippen molar-refractivity contribution < 1.29 is 14.3 Å². The summed E-state index contributed by atoms with van der Waals surface area (Å²) in [6.07, 6.45) is 1.58. The zero-order valence-electron chi connectivity index (χ0n) is 12.6. The summed E-state index contributed by atoms with van der Waals surface area (Å²) in [6, 6.07) is 5.44. The molecule has 1 saturated heterocycles. The Bertz CT molecular complexity index is 542. The minimum absolute atomic E-state index is 0.106. The molecule has 1 aromatic rings. The van der Waals surface area contributed by atoms with Crippen LogP contribution in [-0.4, -0.2) is 36.5 Å². The van der Waals surface area contributed by atoms with E-state index < -0.39 is 0 Å².